The molecule has 0 amide bonds. The van der Waals surface area contributed by atoms with Gasteiger partial charge < -0.3 is 15.0 Å². The zero-order valence-corrected chi connectivity index (χ0v) is 16.3. The Balaban J connectivity index is 1.73. The summed E-state index contributed by atoms with van der Waals surface area (Å²) in [5, 5.41) is 3.41. The minimum Gasteiger partial charge on any atom is -0.495 e. The summed E-state index contributed by atoms with van der Waals surface area (Å²) < 4.78 is 5.47. The highest BCUT2D eigenvalue weighted by atomic mass is 16.5. The van der Waals surface area contributed by atoms with E-state index in [9.17, 15) is 0 Å². The van der Waals surface area contributed by atoms with Gasteiger partial charge in [0.2, 0.25) is 0 Å². The fourth-order valence-electron chi connectivity index (χ4n) is 3.64. The van der Waals surface area contributed by atoms with Gasteiger partial charge in [-0.2, -0.15) is 0 Å². The number of nitrogens with one attached hydrogen (secondary N) is 1. The molecule has 3 heterocycles. The zero-order chi connectivity index (χ0) is 19.3. The van der Waals surface area contributed by atoms with Gasteiger partial charge in [-0.1, -0.05) is 12.1 Å². The molecule has 1 aliphatic rings. The maximum Gasteiger partial charge on any atom is 0.142 e. The van der Waals surface area contributed by atoms with Crippen molar-refractivity contribution in [1.29, 1.82) is 0 Å². The summed E-state index contributed by atoms with van der Waals surface area (Å²) in [6.07, 6.45) is 5.88. The molecule has 1 aliphatic heterocycles. The van der Waals surface area contributed by atoms with Crippen LogP contribution in [0.3, 0.4) is 0 Å². The summed E-state index contributed by atoms with van der Waals surface area (Å²) >= 11 is 0. The Bertz CT molecular complexity index is 931. The molecule has 6 heteroatoms. The van der Waals surface area contributed by atoms with Gasteiger partial charge in [0.1, 0.15) is 17.4 Å². The number of piperidine rings is 1. The van der Waals surface area contributed by atoms with Crippen molar-refractivity contribution < 1.29 is 4.74 Å². The van der Waals surface area contributed by atoms with Gasteiger partial charge in [-0.25, -0.2) is 9.97 Å². The third-order valence-corrected chi connectivity index (χ3v) is 5.06. The number of hydrogen-bond donors (Lipinski definition) is 1. The van der Waals surface area contributed by atoms with E-state index in [1.165, 1.54) is 0 Å². The molecule has 3 aromatic rings. The Morgan fingerprint density at radius 3 is 2.82 bits per heavy atom. The lowest BCUT2D eigenvalue weighted by Gasteiger charge is -2.29. The molecule has 28 heavy (non-hydrogen) atoms. The molecule has 1 unspecified atom stereocenters. The van der Waals surface area contributed by atoms with Gasteiger partial charge in [0.25, 0.3) is 0 Å². The SMILES string of the molecule is COc1ccccc1Nc1cc(-c2cccnc2)nc(C2CCCN(C)C2)n1. The Morgan fingerprint density at radius 2 is 2.04 bits per heavy atom. The smallest absolute Gasteiger partial charge is 0.142 e. The molecule has 1 aromatic carbocycles. The van der Waals surface area contributed by atoms with E-state index >= 15 is 0 Å². The van der Waals surface area contributed by atoms with Crippen molar-refractivity contribution in [2.24, 2.45) is 0 Å². The monoisotopic (exact) mass is 375 g/mol. The first-order valence-corrected chi connectivity index (χ1v) is 9.61. The number of aromatic nitrogens is 3. The van der Waals surface area contributed by atoms with E-state index in [1.54, 1.807) is 13.3 Å². The van der Waals surface area contributed by atoms with Gasteiger partial charge in [0.15, 0.2) is 0 Å². The molecule has 1 atom stereocenters. The first-order chi connectivity index (χ1) is 13.7. The van der Waals surface area contributed by atoms with Gasteiger partial charge in [-0.15, -0.1) is 0 Å². The molecule has 1 saturated heterocycles. The summed E-state index contributed by atoms with van der Waals surface area (Å²) in [5.41, 5.74) is 2.75. The number of para-hydroxylation sites is 2. The van der Waals surface area contributed by atoms with E-state index in [-0.39, 0.29) is 0 Å². The summed E-state index contributed by atoms with van der Waals surface area (Å²) in [6.45, 7) is 2.11. The predicted molar refractivity (Wildman–Crippen MR) is 111 cm³/mol. The normalized spacial score (nSPS) is 17.3. The highest BCUT2D eigenvalue weighted by Gasteiger charge is 2.23. The summed E-state index contributed by atoms with van der Waals surface area (Å²) in [4.78, 5) is 16.4. The highest BCUT2D eigenvalue weighted by Crippen LogP contribution is 2.31. The predicted octanol–water partition coefficient (Wildman–Crippen LogP) is 4.10. The average Bonchev–Trinajstić information content (AvgIpc) is 2.74. The number of hydrogen-bond acceptors (Lipinski definition) is 6. The first kappa shape index (κ1) is 18.4. The number of anilines is 2. The van der Waals surface area contributed by atoms with Crippen LogP contribution in [0.5, 0.6) is 5.75 Å². The van der Waals surface area contributed by atoms with Gasteiger partial charge in [0.05, 0.1) is 18.5 Å². The zero-order valence-electron chi connectivity index (χ0n) is 16.3. The largest absolute Gasteiger partial charge is 0.495 e. The summed E-state index contributed by atoms with van der Waals surface area (Å²) in [6, 6.07) is 13.8. The van der Waals surface area contributed by atoms with Crippen molar-refractivity contribution in [1.82, 2.24) is 19.9 Å². The van der Waals surface area contributed by atoms with Crippen LogP contribution in [0.25, 0.3) is 11.3 Å². The Labute approximate surface area is 165 Å². The van der Waals surface area contributed by atoms with Crippen LogP contribution in [0, 0.1) is 0 Å². The van der Waals surface area contributed by atoms with Crippen molar-refractivity contribution in [2.75, 3.05) is 32.6 Å². The second-order valence-electron chi connectivity index (χ2n) is 7.17. The summed E-state index contributed by atoms with van der Waals surface area (Å²) in [7, 11) is 3.83. The maximum absolute atomic E-state index is 5.47. The number of ether oxygens (including phenoxy) is 1. The molecule has 0 spiro atoms. The quantitative estimate of drug-likeness (QED) is 0.724. The van der Waals surface area contributed by atoms with Gasteiger partial charge in [0, 0.05) is 36.5 Å². The fraction of sp³-hybridized carbons (Fsp3) is 0.318. The van der Waals surface area contributed by atoms with Gasteiger partial charge in [-0.05, 0) is 50.7 Å². The van der Waals surface area contributed by atoms with Crippen molar-refractivity contribution in [3.05, 3.63) is 60.7 Å². The van der Waals surface area contributed by atoms with Crippen LogP contribution in [-0.4, -0.2) is 47.1 Å². The number of benzene rings is 1. The van der Waals surface area contributed by atoms with E-state index in [4.69, 9.17) is 14.7 Å². The van der Waals surface area contributed by atoms with Crippen LogP contribution in [0.2, 0.25) is 0 Å². The van der Waals surface area contributed by atoms with Gasteiger partial charge >= 0.3 is 0 Å². The lowest BCUT2D eigenvalue weighted by molar-refractivity contribution is 0.246. The molecule has 4 rings (SSSR count). The minimum absolute atomic E-state index is 0.327. The van der Waals surface area contributed by atoms with Crippen LogP contribution in [-0.2, 0) is 0 Å². The Kier molecular flexibility index (Phi) is 5.48. The molecule has 144 valence electrons. The lowest BCUT2D eigenvalue weighted by atomic mass is 9.97. The summed E-state index contributed by atoms with van der Waals surface area (Å²) in [5.74, 6) is 2.75. The number of likely N-dealkylation sites (tertiary alicyclic amines) is 1. The number of methoxy groups -OCH3 is 1. The maximum atomic E-state index is 5.47. The minimum atomic E-state index is 0.327. The Hall–Kier alpha value is -2.99. The molecule has 0 radical (unpaired) electrons. The molecule has 6 nitrogen and oxygen atoms in total. The first-order valence-electron chi connectivity index (χ1n) is 9.61. The molecule has 2 aromatic heterocycles. The number of likely N-dealkylation sites (N-methyl/N-ethyl adjacent to an activating group) is 1. The molecule has 1 fully saturated rings. The number of nitrogens with zero attached hydrogens (tertiary/aromatic N) is 4. The second-order valence-corrected chi connectivity index (χ2v) is 7.17. The van der Waals surface area contributed by atoms with Crippen LogP contribution in [0.15, 0.2) is 54.9 Å². The molecule has 0 bridgehead atoms. The molecule has 1 N–H and O–H groups in total. The fourth-order valence-corrected chi connectivity index (χ4v) is 3.64. The van der Waals surface area contributed by atoms with Gasteiger partial charge in [-0.3, -0.25) is 4.98 Å². The van der Waals surface area contributed by atoms with E-state index in [0.717, 1.165) is 60.3 Å². The third-order valence-electron chi connectivity index (χ3n) is 5.06. The average molecular weight is 375 g/mol. The lowest BCUT2D eigenvalue weighted by Crippen LogP contribution is -2.31. The topological polar surface area (TPSA) is 63.2 Å². The number of rotatable bonds is 5. The molecular formula is C22H25N5O. The van der Waals surface area contributed by atoms with Crippen LogP contribution >= 0.6 is 0 Å². The molecule has 0 saturated carbocycles. The van der Waals surface area contributed by atoms with Crippen molar-refractivity contribution in [3.8, 4) is 17.0 Å². The van der Waals surface area contributed by atoms with Crippen LogP contribution < -0.4 is 10.1 Å². The standard InChI is InChI=1S/C22H25N5O/c1-27-12-6-8-17(15-27)22-25-19(16-7-5-11-23-14-16)13-21(26-22)24-18-9-3-4-10-20(18)28-2/h3-5,7,9-11,13-14,17H,6,8,12,15H2,1-2H3,(H,24,25,26). The van der Waals surface area contributed by atoms with Crippen molar-refractivity contribution in [2.45, 2.75) is 18.8 Å². The van der Waals surface area contributed by atoms with E-state index < -0.39 is 0 Å². The van der Waals surface area contributed by atoms with E-state index in [2.05, 4.69) is 22.2 Å². The molecular weight excluding hydrogens is 350 g/mol. The number of pyridine rings is 1. The second kappa shape index (κ2) is 8.35. The van der Waals surface area contributed by atoms with E-state index in [1.807, 2.05) is 48.7 Å². The Morgan fingerprint density at radius 1 is 1.14 bits per heavy atom. The highest BCUT2D eigenvalue weighted by molar-refractivity contribution is 5.68. The van der Waals surface area contributed by atoms with Crippen molar-refractivity contribution in [3.63, 3.8) is 0 Å². The van der Waals surface area contributed by atoms with E-state index in [0.29, 0.717) is 5.92 Å². The van der Waals surface area contributed by atoms with Crippen molar-refractivity contribution >= 4 is 11.5 Å². The molecule has 0 aliphatic carbocycles. The van der Waals surface area contributed by atoms with Crippen LogP contribution in [0.4, 0.5) is 11.5 Å². The van der Waals surface area contributed by atoms with Crippen LogP contribution in [0.1, 0.15) is 24.6 Å². The third kappa shape index (κ3) is 4.12.